The lowest BCUT2D eigenvalue weighted by Gasteiger charge is -2.38. The molecule has 8 heteroatoms. The van der Waals surface area contributed by atoms with E-state index in [2.05, 4.69) is 9.98 Å². The van der Waals surface area contributed by atoms with E-state index in [1.54, 1.807) is 24.3 Å². The molecule has 1 saturated heterocycles. The van der Waals surface area contributed by atoms with Crippen molar-refractivity contribution < 1.29 is 30.3 Å². The SMILES string of the molecule is OCC1OC(O)C(N=Cc2ccc3cccc(O)c3n2)[C@@H](O)[C@@H]1O. The number of para-hydroxylation sites is 1. The van der Waals surface area contributed by atoms with Crippen LogP contribution in [0.5, 0.6) is 5.75 Å². The van der Waals surface area contributed by atoms with Crippen LogP contribution < -0.4 is 0 Å². The quantitative estimate of drug-likeness (QED) is 0.462. The smallest absolute Gasteiger partial charge is 0.180 e. The summed E-state index contributed by atoms with van der Waals surface area (Å²) in [6, 6.07) is 7.33. The van der Waals surface area contributed by atoms with Gasteiger partial charge in [-0.05, 0) is 12.1 Å². The maximum Gasteiger partial charge on any atom is 0.180 e. The number of phenolic OH excluding ortho intramolecular Hbond substituents is 1. The number of fused-ring (bicyclic) bond motifs is 1. The molecule has 0 spiro atoms. The van der Waals surface area contributed by atoms with Gasteiger partial charge in [-0.1, -0.05) is 18.2 Å². The van der Waals surface area contributed by atoms with Crippen LogP contribution in [-0.2, 0) is 4.74 Å². The van der Waals surface area contributed by atoms with Crippen molar-refractivity contribution in [3.05, 3.63) is 36.0 Å². The van der Waals surface area contributed by atoms with Crippen molar-refractivity contribution in [2.75, 3.05) is 6.61 Å². The van der Waals surface area contributed by atoms with Crippen molar-refractivity contribution in [3.8, 4) is 5.75 Å². The normalized spacial score (nSPS) is 30.9. The Morgan fingerprint density at radius 3 is 2.67 bits per heavy atom. The number of aliphatic imine (C=N–C) groups is 1. The molecule has 0 bridgehead atoms. The largest absolute Gasteiger partial charge is 0.506 e. The van der Waals surface area contributed by atoms with Gasteiger partial charge in [0.05, 0.1) is 12.3 Å². The minimum atomic E-state index is -1.47. The zero-order chi connectivity index (χ0) is 17.3. The highest BCUT2D eigenvalue weighted by molar-refractivity contribution is 5.88. The Morgan fingerprint density at radius 2 is 1.92 bits per heavy atom. The van der Waals surface area contributed by atoms with Crippen molar-refractivity contribution in [1.29, 1.82) is 0 Å². The highest BCUT2D eigenvalue weighted by Gasteiger charge is 2.43. The number of rotatable bonds is 3. The average Bonchev–Trinajstić information content (AvgIpc) is 2.58. The Kier molecular flexibility index (Phi) is 4.74. The second-order valence-electron chi connectivity index (χ2n) is 5.58. The lowest BCUT2D eigenvalue weighted by atomic mass is 9.97. The molecule has 0 aliphatic carbocycles. The third-order valence-corrected chi connectivity index (χ3v) is 3.97. The number of aromatic hydroxyl groups is 1. The minimum absolute atomic E-state index is 0.0324. The standard InChI is InChI=1S/C16H18N2O6/c19-7-11-14(21)15(22)13(16(23)24-11)17-6-9-5-4-8-2-1-3-10(20)12(8)18-9/h1-6,11,13-16,19-23H,7H2/t11?,13?,14-,15-,16?/m1/s1. The zero-order valence-electron chi connectivity index (χ0n) is 12.6. The Balaban J connectivity index is 1.83. The summed E-state index contributed by atoms with van der Waals surface area (Å²) in [5, 5.41) is 49.4. The van der Waals surface area contributed by atoms with E-state index >= 15 is 0 Å². The van der Waals surface area contributed by atoms with Gasteiger partial charge in [-0.15, -0.1) is 0 Å². The number of aromatic nitrogens is 1. The molecule has 5 N–H and O–H groups in total. The van der Waals surface area contributed by atoms with Gasteiger partial charge in [0.1, 0.15) is 35.6 Å². The molecule has 8 nitrogen and oxygen atoms in total. The molecular formula is C16H18N2O6. The molecule has 3 rings (SSSR count). The number of pyridine rings is 1. The Labute approximate surface area is 137 Å². The van der Waals surface area contributed by atoms with Crippen LogP contribution in [0, 0.1) is 0 Å². The maximum absolute atomic E-state index is 10.0. The molecule has 1 fully saturated rings. The Bertz CT molecular complexity index is 752. The van der Waals surface area contributed by atoms with Gasteiger partial charge in [0.15, 0.2) is 6.29 Å². The Hall–Kier alpha value is -2.10. The first-order chi connectivity index (χ1) is 11.5. The summed E-state index contributed by atoms with van der Waals surface area (Å²) in [4.78, 5) is 8.29. The molecule has 0 radical (unpaired) electrons. The second-order valence-corrected chi connectivity index (χ2v) is 5.58. The average molecular weight is 334 g/mol. The van der Waals surface area contributed by atoms with Crippen LogP contribution in [-0.4, -0.2) is 74.0 Å². The van der Waals surface area contributed by atoms with Crippen LogP contribution in [0.25, 0.3) is 10.9 Å². The van der Waals surface area contributed by atoms with Gasteiger partial charge in [-0.3, -0.25) is 4.99 Å². The summed E-state index contributed by atoms with van der Waals surface area (Å²) >= 11 is 0. The van der Waals surface area contributed by atoms with Gasteiger partial charge in [0, 0.05) is 11.6 Å². The first kappa shape index (κ1) is 16.7. The molecule has 2 heterocycles. The predicted octanol–water partition coefficient (Wildman–Crippen LogP) is -0.841. The van der Waals surface area contributed by atoms with Crippen LogP contribution in [0.1, 0.15) is 5.69 Å². The molecule has 5 atom stereocenters. The van der Waals surface area contributed by atoms with E-state index in [1.165, 1.54) is 12.3 Å². The number of phenols is 1. The van der Waals surface area contributed by atoms with E-state index < -0.39 is 37.3 Å². The highest BCUT2D eigenvalue weighted by atomic mass is 16.6. The fourth-order valence-corrected chi connectivity index (χ4v) is 2.62. The summed E-state index contributed by atoms with van der Waals surface area (Å²) in [7, 11) is 0. The number of aliphatic hydroxyl groups excluding tert-OH is 4. The third-order valence-electron chi connectivity index (χ3n) is 3.97. The molecule has 0 amide bonds. The van der Waals surface area contributed by atoms with Gasteiger partial charge in [-0.25, -0.2) is 4.98 Å². The van der Waals surface area contributed by atoms with E-state index in [9.17, 15) is 20.4 Å². The van der Waals surface area contributed by atoms with Crippen LogP contribution in [0.15, 0.2) is 35.3 Å². The molecule has 24 heavy (non-hydrogen) atoms. The maximum atomic E-state index is 10.0. The van der Waals surface area contributed by atoms with Crippen LogP contribution in [0.4, 0.5) is 0 Å². The topological polar surface area (TPSA) is 136 Å². The van der Waals surface area contributed by atoms with E-state index in [1.807, 2.05) is 0 Å². The minimum Gasteiger partial charge on any atom is -0.506 e. The molecule has 1 aromatic carbocycles. The monoisotopic (exact) mass is 334 g/mol. The molecule has 2 aromatic rings. The zero-order valence-corrected chi connectivity index (χ0v) is 12.6. The molecule has 0 saturated carbocycles. The molecule has 1 aromatic heterocycles. The summed E-state index contributed by atoms with van der Waals surface area (Å²) in [6.07, 6.45) is -3.98. The fraction of sp³-hybridized carbons (Fsp3) is 0.375. The lowest BCUT2D eigenvalue weighted by Crippen LogP contribution is -2.57. The fourth-order valence-electron chi connectivity index (χ4n) is 2.62. The van der Waals surface area contributed by atoms with Crippen LogP contribution in [0.2, 0.25) is 0 Å². The van der Waals surface area contributed by atoms with E-state index in [0.717, 1.165) is 5.39 Å². The van der Waals surface area contributed by atoms with Crippen LogP contribution in [0.3, 0.4) is 0 Å². The van der Waals surface area contributed by atoms with Crippen LogP contribution >= 0.6 is 0 Å². The van der Waals surface area contributed by atoms with Gasteiger partial charge < -0.3 is 30.3 Å². The summed E-state index contributed by atoms with van der Waals surface area (Å²) in [6.45, 7) is -0.531. The van der Waals surface area contributed by atoms with Crippen molar-refractivity contribution in [1.82, 2.24) is 4.98 Å². The summed E-state index contributed by atoms with van der Waals surface area (Å²) in [5.41, 5.74) is 0.810. The van der Waals surface area contributed by atoms with Gasteiger partial charge >= 0.3 is 0 Å². The van der Waals surface area contributed by atoms with E-state index in [4.69, 9.17) is 9.84 Å². The molecule has 1 aliphatic heterocycles. The number of ether oxygens (including phenoxy) is 1. The first-order valence-electron chi connectivity index (χ1n) is 7.43. The lowest BCUT2D eigenvalue weighted by molar-refractivity contribution is -0.248. The van der Waals surface area contributed by atoms with Gasteiger partial charge in [-0.2, -0.15) is 0 Å². The van der Waals surface area contributed by atoms with Crippen molar-refractivity contribution in [2.45, 2.75) is 30.6 Å². The third kappa shape index (κ3) is 3.10. The van der Waals surface area contributed by atoms with E-state index in [-0.39, 0.29) is 5.75 Å². The summed E-state index contributed by atoms with van der Waals surface area (Å²) < 4.78 is 5.03. The number of hydrogen-bond donors (Lipinski definition) is 5. The van der Waals surface area contributed by atoms with Crippen molar-refractivity contribution >= 4 is 17.1 Å². The number of hydrogen-bond acceptors (Lipinski definition) is 8. The molecule has 1 aliphatic rings. The molecular weight excluding hydrogens is 316 g/mol. The van der Waals surface area contributed by atoms with Gasteiger partial charge in [0.25, 0.3) is 0 Å². The highest BCUT2D eigenvalue weighted by Crippen LogP contribution is 2.23. The number of aliphatic hydroxyl groups is 4. The molecule has 3 unspecified atom stereocenters. The predicted molar refractivity (Wildman–Crippen MR) is 84.8 cm³/mol. The number of benzene rings is 1. The van der Waals surface area contributed by atoms with E-state index in [0.29, 0.717) is 11.2 Å². The first-order valence-corrected chi connectivity index (χ1v) is 7.43. The second kappa shape index (κ2) is 6.80. The van der Waals surface area contributed by atoms with Crippen molar-refractivity contribution in [3.63, 3.8) is 0 Å². The van der Waals surface area contributed by atoms with Crippen molar-refractivity contribution in [2.24, 2.45) is 4.99 Å². The van der Waals surface area contributed by atoms with Gasteiger partial charge in [0.2, 0.25) is 0 Å². The Morgan fingerprint density at radius 1 is 1.12 bits per heavy atom. The summed E-state index contributed by atoms with van der Waals surface area (Å²) in [5.74, 6) is 0.0324. The number of nitrogens with zero attached hydrogens (tertiary/aromatic N) is 2. The molecule has 128 valence electrons.